The second-order valence-electron chi connectivity index (χ2n) is 3.53. The van der Waals surface area contributed by atoms with Gasteiger partial charge in [0.1, 0.15) is 0 Å². The molecule has 0 aliphatic carbocycles. The zero-order valence-corrected chi connectivity index (χ0v) is 9.27. The summed E-state index contributed by atoms with van der Waals surface area (Å²) in [6.45, 7) is 5.60. The number of hydrogen-bond acceptors (Lipinski definition) is 4. The molecular formula is C10H22N2O2. The van der Waals surface area contributed by atoms with Gasteiger partial charge in [0.15, 0.2) is 0 Å². The third-order valence-electron chi connectivity index (χ3n) is 2.03. The van der Waals surface area contributed by atoms with Gasteiger partial charge in [0, 0.05) is 6.20 Å². The summed E-state index contributed by atoms with van der Waals surface area (Å²) >= 11 is 0. The van der Waals surface area contributed by atoms with Gasteiger partial charge in [0.05, 0.1) is 12.1 Å². The van der Waals surface area contributed by atoms with Crippen molar-refractivity contribution in [1.29, 1.82) is 0 Å². The fourth-order valence-corrected chi connectivity index (χ4v) is 0.856. The molecule has 14 heavy (non-hydrogen) atoms. The minimum Gasteiger partial charge on any atom is -0.392 e. The Bertz CT molecular complexity index is 160. The van der Waals surface area contributed by atoms with Crippen molar-refractivity contribution in [3.8, 4) is 0 Å². The molecule has 0 aromatic heterocycles. The molecule has 2 atom stereocenters. The summed E-state index contributed by atoms with van der Waals surface area (Å²) in [5, 5.41) is 19.3. The Labute approximate surface area is 86.2 Å². The number of aliphatic hydroxyl groups is 1. The van der Waals surface area contributed by atoms with E-state index >= 15 is 0 Å². The number of hydroxylamine groups is 1. The predicted molar refractivity (Wildman–Crippen MR) is 56.6 cm³/mol. The van der Waals surface area contributed by atoms with E-state index in [-0.39, 0.29) is 6.04 Å². The van der Waals surface area contributed by atoms with Gasteiger partial charge in [-0.1, -0.05) is 25.8 Å². The molecule has 84 valence electrons. The van der Waals surface area contributed by atoms with Crippen molar-refractivity contribution in [2.75, 3.05) is 0 Å². The average molecular weight is 202 g/mol. The van der Waals surface area contributed by atoms with Crippen molar-refractivity contribution in [3.05, 3.63) is 12.3 Å². The van der Waals surface area contributed by atoms with Crippen LogP contribution < -0.4 is 5.43 Å². The Morgan fingerprint density at radius 3 is 2.57 bits per heavy atom. The number of aliphatic hydroxyl groups excluding tert-OH is 1. The molecule has 0 aliphatic rings. The maximum absolute atomic E-state index is 9.29. The molecule has 0 aliphatic heterocycles. The molecule has 0 unspecified atom stereocenters. The summed E-state index contributed by atoms with van der Waals surface area (Å²) in [5.41, 5.74) is 2.71. The lowest BCUT2D eigenvalue weighted by atomic mass is 10.2. The van der Waals surface area contributed by atoms with Gasteiger partial charge >= 0.3 is 0 Å². The molecule has 0 fully saturated rings. The number of unbranched alkanes of at least 4 members (excludes halogenated alkanes) is 2. The van der Waals surface area contributed by atoms with Crippen LogP contribution in [0.1, 0.15) is 40.0 Å². The summed E-state index contributed by atoms with van der Waals surface area (Å²) in [6, 6.07) is -0.171. The molecule has 0 aromatic rings. The first-order valence-electron chi connectivity index (χ1n) is 5.17. The van der Waals surface area contributed by atoms with Crippen molar-refractivity contribution >= 4 is 0 Å². The molecule has 0 saturated carbocycles. The van der Waals surface area contributed by atoms with E-state index in [2.05, 4.69) is 12.3 Å². The van der Waals surface area contributed by atoms with Gasteiger partial charge in [0.2, 0.25) is 0 Å². The standard InChI is InChI=1S/C10H22N2O2/c1-4-5-6-7-8-12(14)11-9(2)10(3)13/h7-11,13-14H,4-6H2,1-3H3/b8-7+/t9-,10-/m0/s1. The number of rotatable bonds is 7. The van der Waals surface area contributed by atoms with Crippen LogP contribution >= 0.6 is 0 Å². The van der Waals surface area contributed by atoms with Gasteiger partial charge < -0.3 is 5.11 Å². The maximum Gasteiger partial charge on any atom is 0.0681 e. The predicted octanol–water partition coefficient (Wildman–Crippen LogP) is 1.66. The lowest BCUT2D eigenvalue weighted by Crippen LogP contribution is -2.43. The van der Waals surface area contributed by atoms with E-state index in [4.69, 9.17) is 5.11 Å². The molecule has 0 bridgehead atoms. The van der Waals surface area contributed by atoms with Crippen molar-refractivity contribution in [2.45, 2.75) is 52.2 Å². The average Bonchev–Trinajstić information content (AvgIpc) is 2.12. The van der Waals surface area contributed by atoms with Crippen molar-refractivity contribution < 1.29 is 10.3 Å². The molecule has 0 saturated heterocycles. The molecule has 0 heterocycles. The summed E-state index contributed by atoms with van der Waals surface area (Å²) < 4.78 is 0. The van der Waals surface area contributed by atoms with E-state index < -0.39 is 6.10 Å². The number of hydrazine groups is 1. The highest BCUT2D eigenvalue weighted by Crippen LogP contribution is 1.96. The Balaban J connectivity index is 3.63. The van der Waals surface area contributed by atoms with Crippen LogP contribution in [0.5, 0.6) is 0 Å². The minimum absolute atomic E-state index is 0.171. The summed E-state index contributed by atoms with van der Waals surface area (Å²) in [6.07, 6.45) is 6.19. The van der Waals surface area contributed by atoms with E-state index in [1.54, 1.807) is 20.0 Å². The Morgan fingerprint density at radius 2 is 2.07 bits per heavy atom. The highest BCUT2D eigenvalue weighted by Gasteiger charge is 2.08. The van der Waals surface area contributed by atoms with E-state index in [1.807, 2.05) is 6.08 Å². The first-order valence-corrected chi connectivity index (χ1v) is 5.17. The van der Waals surface area contributed by atoms with Gasteiger partial charge in [-0.05, 0) is 20.3 Å². The van der Waals surface area contributed by atoms with Crippen LogP contribution in [0.15, 0.2) is 12.3 Å². The molecule has 4 nitrogen and oxygen atoms in total. The minimum atomic E-state index is -0.492. The van der Waals surface area contributed by atoms with Crippen molar-refractivity contribution in [3.63, 3.8) is 0 Å². The van der Waals surface area contributed by atoms with Crippen LogP contribution in [0.3, 0.4) is 0 Å². The smallest absolute Gasteiger partial charge is 0.0681 e. The van der Waals surface area contributed by atoms with Gasteiger partial charge in [-0.25, -0.2) is 5.43 Å². The summed E-state index contributed by atoms with van der Waals surface area (Å²) in [7, 11) is 0. The summed E-state index contributed by atoms with van der Waals surface area (Å²) in [5.74, 6) is 0. The SMILES string of the molecule is CCCC/C=C/N(O)N[C@@H](C)[C@H](C)O. The lowest BCUT2D eigenvalue weighted by molar-refractivity contribution is -0.108. The third-order valence-corrected chi connectivity index (χ3v) is 2.03. The number of hydrogen-bond donors (Lipinski definition) is 3. The first-order chi connectivity index (χ1) is 6.57. The molecule has 0 spiro atoms. The number of allylic oxidation sites excluding steroid dienone is 1. The normalized spacial score (nSPS) is 15.8. The van der Waals surface area contributed by atoms with Gasteiger partial charge in [-0.15, -0.1) is 0 Å². The molecule has 4 heteroatoms. The van der Waals surface area contributed by atoms with E-state index in [0.717, 1.165) is 24.4 Å². The van der Waals surface area contributed by atoms with Crippen molar-refractivity contribution in [1.82, 2.24) is 10.6 Å². The molecular weight excluding hydrogens is 180 g/mol. The summed E-state index contributed by atoms with van der Waals surface area (Å²) in [4.78, 5) is 0. The zero-order chi connectivity index (χ0) is 11.0. The van der Waals surface area contributed by atoms with Crippen LogP contribution in [0.2, 0.25) is 0 Å². The zero-order valence-electron chi connectivity index (χ0n) is 9.27. The molecule has 0 amide bonds. The first kappa shape index (κ1) is 13.4. The Kier molecular flexibility index (Phi) is 7.47. The molecule has 0 aromatic carbocycles. The van der Waals surface area contributed by atoms with Crippen LogP contribution in [-0.4, -0.2) is 27.6 Å². The largest absolute Gasteiger partial charge is 0.392 e. The third kappa shape index (κ3) is 6.88. The number of nitrogens with one attached hydrogen (secondary N) is 1. The highest BCUT2D eigenvalue weighted by molar-refractivity contribution is 4.78. The Hall–Kier alpha value is -0.580. The van der Waals surface area contributed by atoms with Crippen LogP contribution in [0.4, 0.5) is 0 Å². The monoisotopic (exact) mass is 202 g/mol. The quantitative estimate of drug-likeness (QED) is 0.434. The fraction of sp³-hybridized carbons (Fsp3) is 0.800. The second-order valence-corrected chi connectivity index (χ2v) is 3.53. The van der Waals surface area contributed by atoms with Crippen LogP contribution in [-0.2, 0) is 0 Å². The number of nitrogens with zero attached hydrogens (tertiary/aromatic N) is 1. The van der Waals surface area contributed by atoms with E-state index in [0.29, 0.717) is 0 Å². The highest BCUT2D eigenvalue weighted by atomic mass is 16.5. The molecule has 0 rings (SSSR count). The van der Waals surface area contributed by atoms with E-state index in [1.165, 1.54) is 0 Å². The second kappa shape index (κ2) is 7.79. The molecule has 0 radical (unpaired) electrons. The van der Waals surface area contributed by atoms with Crippen molar-refractivity contribution in [2.24, 2.45) is 0 Å². The maximum atomic E-state index is 9.29. The van der Waals surface area contributed by atoms with Gasteiger partial charge in [-0.2, -0.15) is 5.17 Å². The fourth-order valence-electron chi connectivity index (χ4n) is 0.856. The van der Waals surface area contributed by atoms with Crippen LogP contribution in [0.25, 0.3) is 0 Å². The van der Waals surface area contributed by atoms with Gasteiger partial charge in [0.25, 0.3) is 0 Å². The lowest BCUT2D eigenvalue weighted by Gasteiger charge is -2.21. The molecule has 3 N–H and O–H groups in total. The van der Waals surface area contributed by atoms with Gasteiger partial charge in [-0.3, -0.25) is 5.21 Å². The van der Waals surface area contributed by atoms with Crippen LogP contribution in [0, 0.1) is 0 Å². The van der Waals surface area contributed by atoms with E-state index in [9.17, 15) is 5.21 Å². The topological polar surface area (TPSA) is 55.7 Å². The Morgan fingerprint density at radius 1 is 1.43 bits per heavy atom.